The Morgan fingerprint density at radius 2 is 1.95 bits per heavy atom. The highest BCUT2D eigenvalue weighted by Gasteiger charge is 2.01. The van der Waals surface area contributed by atoms with Gasteiger partial charge in [-0.15, -0.1) is 0 Å². The van der Waals surface area contributed by atoms with Gasteiger partial charge in [0.05, 0.1) is 6.61 Å². The molecular formula is C16H19N3O2. The van der Waals surface area contributed by atoms with Crippen LogP contribution in [0.15, 0.2) is 42.6 Å². The molecule has 21 heavy (non-hydrogen) atoms. The lowest BCUT2D eigenvalue weighted by Crippen LogP contribution is -2.13. The number of ether oxygens (including phenoxy) is 2. The number of amidine groups is 1. The highest BCUT2D eigenvalue weighted by molar-refractivity contribution is 5.93. The van der Waals surface area contributed by atoms with Crippen LogP contribution in [0, 0.1) is 5.41 Å². The predicted molar refractivity (Wildman–Crippen MR) is 81.6 cm³/mol. The minimum Gasteiger partial charge on any atom is -0.489 e. The van der Waals surface area contributed by atoms with E-state index in [1.807, 2.05) is 30.3 Å². The molecule has 1 aromatic heterocycles. The smallest absolute Gasteiger partial charge is 0.141 e. The Morgan fingerprint density at radius 1 is 1.19 bits per heavy atom. The maximum Gasteiger partial charge on any atom is 0.141 e. The number of hydrogen-bond acceptors (Lipinski definition) is 4. The van der Waals surface area contributed by atoms with Crippen LogP contribution in [0.3, 0.4) is 0 Å². The summed E-state index contributed by atoms with van der Waals surface area (Å²) < 4.78 is 10.8. The Hall–Kier alpha value is -2.40. The van der Waals surface area contributed by atoms with Crippen LogP contribution in [0.4, 0.5) is 0 Å². The highest BCUT2D eigenvalue weighted by Crippen LogP contribution is 2.14. The predicted octanol–water partition coefficient (Wildman–Crippen LogP) is 2.13. The van der Waals surface area contributed by atoms with E-state index in [4.69, 9.17) is 20.6 Å². The third-order valence-electron chi connectivity index (χ3n) is 3.02. The van der Waals surface area contributed by atoms with E-state index in [1.54, 1.807) is 19.4 Å². The van der Waals surface area contributed by atoms with Crippen molar-refractivity contribution < 1.29 is 9.47 Å². The first-order chi connectivity index (χ1) is 10.2. The Bertz CT molecular complexity index is 597. The van der Waals surface area contributed by atoms with E-state index >= 15 is 0 Å². The number of pyridine rings is 1. The van der Waals surface area contributed by atoms with Crippen LogP contribution in [0.2, 0.25) is 0 Å². The molecule has 0 amide bonds. The molecule has 110 valence electrons. The molecule has 5 heteroatoms. The molecule has 0 saturated heterocycles. The van der Waals surface area contributed by atoms with Gasteiger partial charge in [0.25, 0.3) is 0 Å². The molecule has 0 fully saturated rings. The van der Waals surface area contributed by atoms with Crippen molar-refractivity contribution in [3.05, 3.63) is 59.4 Å². The number of nitrogens with one attached hydrogen (secondary N) is 1. The van der Waals surface area contributed by atoms with Crippen molar-refractivity contribution in [2.24, 2.45) is 5.73 Å². The van der Waals surface area contributed by atoms with Gasteiger partial charge in [0.1, 0.15) is 23.9 Å². The summed E-state index contributed by atoms with van der Waals surface area (Å²) in [5.41, 5.74) is 8.02. The van der Waals surface area contributed by atoms with Gasteiger partial charge >= 0.3 is 0 Å². The average Bonchev–Trinajstić information content (AvgIpc) is 2.52. The summed E-state index contributed by atoms with van der Waals surface area (Å²) in [6.07, 6.45) is 2.52. The van der Waals surface area contributed by atoms with E-state index in [1.165, 1.54) is 5.56 Å². The van der Waals surface area contributed by atoms with Gasteiger partial charge in [-0.25, -0.2) is 0 Å². The van der Waals surface area contributed by atoms with Crippen LogP contribution in [0.25, 0.3) is 0 Å². The van der Waals surface area contributed by atoms with Gasteiger partial charge in [0.2, 0.25) is 0 Å². The second-order valence-corrected chi connectivity index (χ2v) is 4.64. The lowest BCUT2D eigenvalue weighted by atomic mass is 10.1. The van der Waals surface area contributed by atoms with Crippen molar-refractivity contribution >= 4 is 5.84 Å². The molecule has 0 bridgehead atoms. The number of hydrogen-bond donors (Lipinski definition) is 2. The molecule has 0 aliphatic rings. The largest absolute Gasteiger partial charge is 0.489 e. The molecule has 0 atom stereocenters. The van der Waals surface area contributed by atoms with Gasteiger partial charge in [-0.05, 0) is 41.8 Å². The first-order valence-electron chi connectivity index (χ1n) is 6.69. The second-order valence-electron chi connectivity index (χ2n) is 4.64. The molecule has 3 N–H and O–H groups in total. The van der Waals surface area contributed by atoms with E-state index in [0.29, 0.717) is 18.9 Å². The van der Waals surface area contributed by atoms with Crippen molar-refractivity contribution in [2.45, 2.75) is 13.0 Å². The van der Waals surface area contributed by atoms with Gasteiger partial charge in [0, 0.05) is 13.3 Å². The zero-order valence-electron chi connectivity index (χ0n) is 12.0. The van der Waals surface area contributed by atoms with Crippen LogP contribution >= 0.6 is 0 Å². The fraction of sp³-hybridized carbons (Fsp3) is 0.250. The minimum absolute atomic E-state index is 0.0423. The molecule has 0 unspecified atom stereocenters. The number of rotatable bonds is 7. The number of nitrogen functional groups attached to an aromatic ring is 1. The van der Waals surface area contributed by atoms with Crippen LogP contribution in [0.1, 0.15) is 16.8 Å². The SMILES string of the molecule is COCCc1ccc(OCc2ccnc(C(=N)N)c2)cc1. The van der Waals surface area contributed by atoms with Crippen molar-refractivity contribution in [1.29, 1.82) is 5.41 Å². The molecule has 0 saturated carbocycles. The summed E-state index contributed by atoms with van der Waals surface area (Å²) >= 11 is 0. The fourth-order valence-corrected chi connectivity index (χ4v) is 1.85. The monoisotopic (exact) mass is 285 g/mol. The quantitative estimate of drug-likeness (QED) is 0.603. The molecule has 2 aromatic rings. The van der Waals surface area contributed by atoms with Crippen molar-refractivity contribution in [3.63, 3.8) is 0 Å². The van der Waals surface area contributed by atoms with Crippen LogP contribution in [-0.2, 0) is 17.8 Å². The van der Waals surface area contributed by atoms with Gasteiger partial charge in [-0.1, -0.05) is 12.1 Å². The number of nitrogens with zero attached hydrogens (tertiary/aromatic N) is 1. The zero-order chi connectivity index (χ0) is 15.1. The van der Waals surface area contributed by atoms with Crippen LogP contribution < -0.4 is 10.5 Å². The number of aromatic nitrogens is 1. The highest BCUT2D eigenvalue weighted by atomic mass is 16.5. The summed E-state index contributed by atoms with van der Waals surface area (Å²) in [4.78, 5) is 4.02. The van der Waals surface area contributed by atoms with Gasteiger partial charge < -0.3 is 15.2 Å². The molecule has 0 aliphatic heterocycles. The average molecular weight is 285 g/mol. The third-order valence-corrected chi connectivity index (χ3v) is 3.02. The van der Waals surface area contributed by atoms with E-state index < -0.39 is 0 Å². The Kier molecular flexibility index (Phi) is 5.29. The van der Waals surface area contributed by atoms with Gasteiger partial charge in [-0.2, -0.15) is 0 Å². The van der Waals surface area contributed by atoms with Gasteiger partial charge in [-0.3, -0.25) is 10.4 Å². The van der Waals surface area contributed by atoms with Crippen molar-refractivity contribution in [2.75, 3.05) is 13.7 Å². The van der Waals surface area contributed by atoms with Crippen LogP contribution in [0.5, 0.6) is 5.75 Å². The van der Waals surface area contributed by atoms with Crippen molar-refractivity contribution in [1.82, 2.24) is 4.98 Å². The summed E-state index contributed by atoms with van der Waals surface area (Å²) in [6, 6.07) is 11.6. The maximum atomic E-state index is 7.37. The summed E-state index contributed by atoms with van der Waals surface area (Å²) in [5, 5.41) is 7.37. The fourth-order valence-electron chi connectivity index (χ4n) is 1.85. The number of benzene rings is 1. The van der Waals surface area contributed by atoms with E-state index in [0.717, 1.165) is 17.7 Å². The molecule has 0 spiro atoms. The second kappa shape index (κ2) is 7.40. The lowest BCUT2D eigenvalue weighted by Gasteiger charge is -2.08. The molecule has 1 heterocycles. The Labute approximate surface area is 124 Å². The molecule has 0 radical (unpaired) electrons. The number of methoxy groups -OCH3 is 1. The first-order valence-corrected chi connectivity index (χ1v) is 6.69. The summed E-state index contributed by atoms with van der Waals surface area (Å²) in [7, 11) is 1.70. The molecule has 1 aromatic carbocycles. The van der Waals surface area contributed by atoms with Crippen LogP contribution in [-0.4, -0.2) is 24.5 Å². The Balaban J connectivity index is 1.93. The van der Waals surface area contributed by atoms with Crippen molar-refractivity contribution in [3.8, 4) is 5.75 Å². The summed E-state index contributed by atoms with van der Waals surface area (Å²) in [5.74, 6) is 0.761. The van der Waals surface area contributed by atoms with E-state index in [2.05, 4.69) is 4.98 Å². The normalized spacial score (nSPS) is 10.3. The third kappa shape index (κ3) is 4.57. The lowest BCUT2D eigenvalue weighted by molar-refractivity contribution is 0.202. The maximum absolute atomic E-state index is 7.37. The molecule has 5 nitrogen and oxygen atoms in total. The van der Waals surface area contributed by atoms with Gasteiger partial charge in [0.15, 0.2) is 0 Å². The molecular weight excluding hydrogens is 266 g/mol. The van der Waals surface area contributed by atoms with E-state index in [9.17, 15) is 0 Å². The molecule has 2 rings (SSSR count). The Morgan fingerprint density at radius 3 is 2.62 bits per heavy atom. The standard InChI is InChI=1S/C16H19N3O2/c1-20-9-7-12-2-4-14(5-3-12)21-11-13-6-8-19-15(10-13)16(17)18/h2-6,8,10H,7,9,11H2,1H3,(H3,17,18). The zero-order valence-corrected chi connectivity index (χ0v) is 12.0. The minimum atomic E-state index is -0.0423. The van der Waals surface area contributed by atoms with E-state index in [-0.39, 0.29) is 5.84 Å². The summed E-state index contributed by atoms with van der Waals surface area (Å²) in [6.45, 7) is 1.13. The molecule has 0 aliphatic carbocycles. The number of nitrogens with two attached hydrogens (primary N) is 1. The first kappa shape index (κ1) is 15.0. The topological polar surface area (TPSA) is 81.2 Å².